The van der Waals surface area contributed by atoms with Crippen molar-refractivity contribution in [2.24, 2.45) is 0 Å². The van der Waals surface area contributed by atoms with E-state index in [1.165, 1.54) is 6.33 Å². The van der Waals surface area contributed by atoms with E-state index in [4.69, 9.17) is 0 Å². The largest absolute Gasteiger partial charge is 0.338 e. The highest BCUT2D eigenvalue weighted by atomic mass is 16.2. The van der Waals surface area contributed by atoms with Crippen LogP contribution >= 0.6 is 0 Å². The van der Waals surface area contributed by atoms with Crippen LogP contribution in [0.1, 0.15) is 6.92 Å². The van der Waals surface area contributed by atoms with Crippen LogP contribution in [0.25, 0.3) is 0 Å². The van der Waals surface area contributed by atoms with E-state index >= 15 is 0 Å². The van der Waals surface area contributed by atoms with Crippen molar-refractivity contribution in [1.29, 1.82) is 0 Å². The first-order valence-corrected chi connectivity index (χ1v) is 6.15. The lowest BCUT2D eigenvalue weighted by molar-refractivity contribution is -0.135. The van der Waals surface area contributed by atoms with Crippen molar-refractivity contribution in [2.75, 3.05) is 45.2 Å². The van der Waals surface area contributed by atoms with Gasteiger partial charge in [-0.25, -0.2) is 5.10 Å². The molecule has 0 aromatic carbocycles. The van der Waals surface area contributed by atoms with Gasteiger partial charge in [-0.15, -0.1) is 0 Å². The molecule has 1 aliphatic heterocycles. The average Bonchev–Trinajstić information content (AvgIpc) is 2.91. The van der Waals surface area contributed by atoms with E-state index in [1.54, 1.807) is 0 Å². The summed E-state index contributed by atoms with van der Waals surface area (Å²) in [5.41, 5.74) is 0. The zero-order valence-electron chi connectivity index (χ0n) is 11.1. The second kappa shape index (κ2) is 5.34. The normalized spacial score (nSPS) is 18.2. The van der Waals surface area contributed by atoms with Crippen molar-refractivity contribution in [2.45, 2.75) is 13.0 Å². The van der Waals surface area contributed by atoms with Gasteiger partial charge >= 0.3 is 0 Å². The monoisotopic (exact) mass is 252 g/mol. The quantitative estimate of drug-likeness (QED) is 0.778. The van der Waals surface area contributed by atoms with Gasteiger partial charge in [-0.2, -0.15) is 10.1 Å². The highest BCUT2D eigenvalue weighted by molar-refractivity contribution is 5.81. The van der Waals surface area contributed by atoms with Gasteiger partial charge in [-0.05, 0) is 21.0 Å². The van der Waals surface area contributed by atoms with Crippen molar-refractivity contribution >= 4 is 11.9 Å². The number of piperazine rings is 1. The Morgan fingerprint density at radius 3 is 2.56 bits per heavy atom. The molecule has 1 N–H and O–H groups in total. The summed E-state index contributed by atoms with van der Waals surface area (Å²) in [6, 6.07) is -0.0678. The van der Waals surface area contributed by atoms with E-state index in [1.807, 2.05) is 30.8 Å². The van der Waals surface area contributed by atoms with E-state index in [0.717, 1.165) is 32.1 Å². The number of hydrogen-bond donors (Lipinski definition) is 1. The molecule has 1 saturated heterocycles. The molecule has 1 aromatic rings. The summed E-state index contributed by atoms with van der Waals surface area (Å²) < 4.78 is 0. The number of likely N-dealkylation sites (N-methyl/N-ethyl adjacent to an activating group) is 1. The molecule has 7 heteroatoms. The first-order chi connectivity index (χ1) is 8.59. The molecule has 1 fully saturated rings. The van der Waals surface area contributed by atoms with E-state index in [-0.39, 0.29) is 11.9 Å². The summed E-state index contributed by atoms with van der Waals surface area (Å²) in [6.45, 7) is 4.99. The molecular formula is C11H20N6O. The van der Waals surface area contributed by atoms with Crippen molar-refractivity contribution in [1.82, 2.24) is 25.0 Å². The molecule has 18 heavy (non-hydrogen) atoms. The number of nitrogens with one attached hydrogen (secondary N) is 1. The smallest absolute Gasteiger partial charge is 0.239 e. The number of nitrogens with zero attached hydrogens (tertiary/aromatic N) is 5. The van der Waals surface area contributed by atoms with Crippen LogP contribution in [0.15, 0.2) is 6.33 Å². The number of rotatable bonds is 3. The maximum atomic E-state index is 12.2. The first-order valence-electron chi connectivity index (χ1n) is 6.15. The van der Waals surface area contributed by atoms with Gasteiger partial charge in [-0.1, -0.05) is 0 Å². The average molecular weight is 252 g/mol. The molecule has 100 valence electrons. The molecule has 1 aliphatic rings. The molecule has 1 unspecified atom stereocenters. The summed E-state index contributed by atoms with van der Waals surface area (Å²) in [7, 11) is 3.85. The predicted octanol–water partition coefficient (Wildman–Crippen LogP) is -0.597. The molecule has 1 atom stereocenters. The minimum atomic E-state index is -0.0678. The van der Waals surface area contributed by atoms with Crippen LogP contribution in [0.5, 0.6) is 0 Å². The lowest BCUT2D eigenvalue weighted by Gasteiger charge is -2.36. The molecule has 0 saturated carbocycles. The Bertz CT molecular complexity index is 382. The minimum Gasteiger partial charge on any atom is -0.338 e. The zero-order valence-corrected chi connectivity index (χ0v) is 11.1. The predicted molar refractivity (Wildman–Crippen MR) is 68.3 cm³/mol. The van der Waals surface area contributed by atoms with Gasteiger partial charge in [0.15, 0.2) is 0 Å². The molecule has 1 amide bonds. The highest BCUT2D eigenvalue weighted by Gasteiger charge is 2.26. The number of anilines is 1. The Kier molecular flexibility index (Phi) is 3.81. The zero-order chi connectivity index (χ0) is 13.1. The van der Waals surface area contributed by atoms with Gasteiger partial charge in [-0.3, -0.25) is 9.69 Å². The molecule has 0 aliphatic carbocycles. The molecule has 0 spiro atoms. The molecule has 1 aromatic heterocycles. The fraction of sp³-hybridized carbons (Fsp3) is 0.727. The summed E-state index contributed by atoms with van der Waals surface area (Å²) in [4.78, 5) is 22.2. The lowest BCUT2D eigenvalue weighted by atomic mass is 10.2. The second-order valence-electron chi connectivity index (χ2n) is 4.76. The van der Waals surface area contributed by atoms with Gasteiger partial charge in [0.05, 0.1) is 6.04 Å². The van der Waals surface area contributed by atoms with Gasteiger partial charge in [0.25, 0.3) is 0 Å². The SMILES string of the molecule is CC(C(=O)N1CCN(c2ncn[nH]2)CC1)N(C)C. The lowest BCUT2D eigenvalue weighted by Crippen LogP contribution is -2.53. The van der Waals surface area contributed by atoms with E-state index in [9.17, 15) is 4.79 Å². The third-order valence-electron chi connectivity index (χ3n) is 3.43. The number of carbonyl (C=O) groups excluding carboxylic acids is 1. The summed E-state index contributed by atoms with van der Waals surface area (Å²) in [6.07, 6.45) is 1.50. The van der Waals surface area contributed by atoms with Crippen molar-refractivity contribution in [3.8, 4) is 0 Å². The van der Waals surface area contributed by atoms with Crippen molar-refractivity contribution in [3.63, 3.8) is 0 Å². The number of amides is 1. The second-order valence-corrected chi connectivity index (χ2v) is 4.76. The molecule has 2 rings (SSSR count). The fourth-order valence-corrected chi connectivity index (χ4v) is 1.98. The van der Waals surface area contributed by atoms with Crippen LogP contribution in [0.4, 0.5) is 5.95 Å². The molecule has 0 radical (unpaired) electrons. The Morgan fingerprint density at radius 1 is 1.39 bits per heavy atom. The number of aromatic nitrogens is 3. The summed E-state index contributed by atoms with van der Waals surface area (Å²) in [5, 5.41) is 6.68. The third kappa shape index (κ3) is 2.61. The minimum absolute atomic E-state index is 0.0678. The summed E-state index contributed by atoms with van der Waals surface area (Å²) >= 11 is 0. The van der Waals surface area contributed by atoms with Gasteiger partial charge in [0.2, 0.25) is 11.9 Å². The molecule has 7 nitrogen and oxygen atoms in total. The topological polar surface area (TPSA) is 68.4 Å². The number of aromatic amines is 1. The molecule has 2 heterocycles. The number of H-pyrrole nitrogens is 1. The van der Waals surface area contributed by atoms with Crippen LogP contribution in [-0.2, 0) is 4.79 Å². The van der Waals surface area contributed by atoms with E-state index in [2.05, 4.69) is 20.1 Å². The Labute approximate surface area is 107 Å². The van der Waals surface area contributed by atoms with Gasteiger partial charge in [0.1, 0.15) is 6.33 Å². The standard InChI is InChI=1S/C11H20N6O/c1-9(15(2)3)10(18)16-4-6-17(7-5-16)11-12-8-13-14-11/h8-9H,4-7H2,1-3H3,(H,12,13,14). The Hall–Kier alpha value is -1.63. The van der Waals surface area contributed by atoms with Gasteiger partial charge in [0, 0.05) is 26.2 Å². The Balaban J connectivity index is 1.89. The highest BCUT2D eigenvalue weighted by Crippen LogP contribution is 2.10. The number of carbonyl (C=O) groups is 1. The number of hydrogen-bond acceptors (Lipinski definition) is 5. The maximum absolute atomic E-state index is 12.2. The molecular weight excluding hydrogens is 232 g/mol. The van der Waals surface area contributed by atoms with Gasteiger partial charge < -0.3 is 9.80 Å². The maximum Gasteiger partial charge on any atom is 0.239 e. The van der Waals surface area contributed by atoms with Crippen LogP contribution < -0.4 is 4.90 Å². The van der Waals surface area contributed by atoms with E-state index in [0.29, 0.717) is 0 Å². The van der Waals surface area contributed by atoms with E-state index < -0.39 is 0 Å². The summed E-state index contributed by atoms with van der Waals surface area (Å²) in [5.74, 6) is 0.972. The Morgan fingerprint density at radius 2 is 2.06 bits per heavy atom. The van der Waals surface area contributed by atoms with Crippen LogP contribution in [-0.4, -0.2) is 77.2 Å². The van der Waals surface area contributed by atoms with Crippen molar-refractivity contribution in [3.05, 3.63) is 6.33 Å². The fourth-order valence-electron chi connectivity index (χ4n) is 1.98. The van der Waals surface area contributed by atoms with Crippen LogP contribution in [0, 0.1) is 0 Å². The van der Waals surface area contributed by atoms with Crippen LogP contribution in [0.2, 0.25) is 0 Å². The first kappa shape index (κ1) is 12.8. The van der Waals surface area contributed by atoms with Crippen LogP contribution in [0.3, 0.4) is 0 Å². The van der Waals surface area contributed by atoms with Crippen molar-refractivity contribution < 1.29 is 4.79 Å². The molecule has 0 bridgehead atoms. The third-order valence-corrected chi connectivity index (χ3v) is 3.43.